The van der Waals surface area contributed by atoms with Crippen molar-refractivity contribution in [3.05, 3.63) is 0 Å². The van der Waals surface area contributed by atoms with E-state index in [4.69, 9.17) is 9.47 Å². The molecule has 2 fully saturated rings. The standard InChI is InChI=1S/C19H38N4O2.HI/c1-17(14-23-9-4-3-5-10-23)13-22-19(20-2)21-8-6-11-24-15-18-7-12-25-16-18;/h17-18H,3-16H2,1-2H3,(H2,20,21,22);1H. The summed E-state index contributed by atoms with van der Waals surface area (Å²) in [6, 6.07) is 0. The second-order valence-electron chi connectivity index (χ2n) is 7.50. The van der Waals surface area contributed by atoms with Gasteiger partial charge in [0.2, 0.25) is 0 Å². The smallest absolute Gasteiger partial charge is 0.190 e. The Kier molecular flexibility index (Phi) is 13.7. The highest BCUT2D eigenvalue weighted by atomic mass is 127. The molecule has 7 heteroatoms. The number of nitrogens with zero attached hydrogens (tertiary/aromatic N) is 2. The van der Waals surface area contributed by atoms with E-state index in [9.17, 15) is 0 Å². The van der Waals surface area contributed by atoms with Crippen molar-refractivity contribution in [3.8, 4) is 0 Å². The highest BCUT2D eigenvalue weighted by Gasteiger charge is 2.15. The van der Waals surface area contributed by atoms with Crippen LogP contribution in [0.2, 0.25) is 0 Å². The molecular formula is C19H39IN4O2. The highest BCUT2D eigenvalue weighted by Crippen LogP contribution is 2.12. The number of ether oxygens (including phenoxy) is 2. The molecule has 0 amide bonds. The second-order valence-corrected chi connectivity index (χ2v) is 7.50. The van der Waals surface area contributed by atoms with Gasteiger partial charge in [0, 0.05) is 45.8 Å². The Morgan fingerprint density at radius 1 is 1.27 bits per heavy atom. The van der Waals surface area contributed by atoms with Crippen molar-refractivity contribution < 1.29 is 9.47 Å². The second kappa shape index (κ2) is 14.9. The Bertz CT molecular complexity index is 373. The number of nitrogens with one attached hydrogen (secondary N) is 2. The lowest BCUT2D eigenvalue weighted by Crippen LogP contribution is -2.42. The fourth-order valence-electron chi connectivity index (χ4n) is 3.48. The topological polar surface area (TPSA) is 58.1 Å². The molecule has 0 aliphatic carbocycles. The molecule has 6 nitrogen and oxygen atoms in total. The normalized spacial score (nSPS) is 22.7. The summed E-state index contributed by atoms with van der Waals surface area (Å²) in [6.07, 6.45) is 6.26. The Labute approximate surface area is 176 Å². The molecule has 0 aromatic carbocycles. The zero-order valence-electron chi connectivity index (χ0n) is 16.7. The maximum absolute atomic E-state index is 5.73. The number of likely N-dealkylation sites (tertiary alicyclic amines) is 1. The summed E-state index contributed by atoms with van der Waals surface area (Å²) in [7, 11) is 1.83. The fourth-order valence-corrected chi connectivity index (χ4v) is 3.48. The molecule has 2 aliphatic heterocycles. The Morgan fingerprint density at radius 3 is 2.77 bits per heavy atom. The van der Waals surface area contributed by atoms with Crippen LogP contribution in [0.5, 0.6) is 0 Å². The molecule has 2 saturated heterocycles. The number of halogens is 1. The third-order valence-corrected chi connectivity index (χ3v) is 5.00. The largest absolute Gasteiger partial charge is 0.381 e. The molecule has 0 spiro atoms. The number of hydrogen-bond donors (Lipinski definition) is 2. The first kappa shape index (κ1) is 23.9. The molecule has 0 aromatic heterocycles. The van der Waals surface area contributed by atoms with Crippen molar-refractivity contribution >= 4 is 29.9 Å². The van der Waals surface area contributed by atoms with Crippen molar-refractivity contribution in [1.29, 1.82) is 0 Å². The van der Waals surface area contributed by atoms with Gasteiger partial charge in [0.25, 0.3) is 0 Å². The lowest BCUT2D eigenvalue weighted by atomic mass is 10.1. The minimum absolute atomic E-state index is 0. The minimum atomic E-state index is 0. The van der Waals surface area contributed by atoms with Crippen LogP contribution in [-0.4, -0.2) is 77.1 Å². The Morgan fingerprint density at radius 2 is 2.08 bits per heavy atom. The van der Waals surface area contributed by atoms with Crippen LogP contribution in [0.15, 0.2) is 4.99 Å². The summed E-state index contributed by atoms with van der Waals surface area (Å²) in [5.41, 5.74) is 0. The monoisotopic (exact) mass is 482 g/mol. The molecule has 154 valence electrons. The summed E-state index contributed by atoms with van der Waals surface area (Å²) in [5, 5.41) is 6.83. The van der Waals surface area contributed by atoms with E-state index in [1.807, 2.05) is 7.05 Å². The maximum atomic E-state index is 5.73. The van der Waals surface area contributed by atoms with E-state index in [0.717, 1.165) is 58.3 Å². The molecule has 0 aromatic rings. The Balaban J connectivity index is 0.00000338. The van der Waals surface area contributed by atoms with E-state index in [-0.39, 0.29) is 24.0 Å². The number of piperidine rings is 1. The predicted molar refractivity (Wildman–Crippen MR) is 119 cm³/mol. The molecule has 2 aliphatic rings. The molecule has 2 heterocycles. The SMILES string of the molecule is CN=C(NCCCOCC1CCOC1)NCC(C)CN1CCCCC1.I. The van der Waals surface area contributed by atoms with Gasteiger partial charge >= 0.3 is 0 Å². The Hall–Kier alpha value is -0.120. The van der Waals surface area contributed by atoms with Gasteiger partial charge in [-0.2, -0.15) is 0 Å². The van der Waals surface area contributed by atoms with Crippen LogP contribution >= 0.6 is 24.0 Å². The zero-order valence-corrected chi connectivity index (χ0v) is 19.0. The number of hydrogen-bond acceptors (Lipinski definition) is 4. The summed E-state index contributed by atoms with van der Waals surface area (Å²) in [5.74, 6) is 2.13. The van der Waals surface area contributed by atoms with Gasteiger partial charge in [0.15, 0.2) is 5.96 Å². The molecule has 2 unspecified atom stereocenters. The third-order valence-electron chi connectivity index (χ3n) is 5.00. The molecular weight excluding hydrogens is 443 g/mol. The lowest BCUT2D eigenvalue weighted by molar-refractivity contribution is 0.0888. The van der Waals surface area contributed by atoms with E-state index in [2.05, 4.69) is 27.4 Å². The molecule has 26 heavy (non-hydrogen) atoms. The average Bonchev–Trinajstić information content (AvgIpc) is 3.15. The van der Waals surface area contributed by atoms with E-state index < -0.39 is 0 Å². The molecule has 0 bridgehead atoms. The lowest BCUT2D eigenvalue weighted by Gasteiger charge is -2.29. The summed E-state index contributed by atoms with van der Waals surface area (Å²) >= 11 is 0. The summed E-state index contributed by atoms with van der Waals surface area (Å²) in [6.45, 7) is 11.3. The molecule has 0 saturated carbocycles. The quantitative estimate of drug-likeness (QED) is 0.217. The fraction of sp³-hybridized carbons (Fsp3) is 0.947. The van der Waals surface area contributed by atoms with Crippen molar-refractivity contribution in [1.82, 2.24) is 15.5 Å². The van der Waals surface area contributed by atoms with Gasteiger partial charge < -0.3 is 25.0 Å². The first-order chi connectivity index (χ1) is 12.3. The van der Waals surface area contributed by atoms with Crippen LogP contribution in [0.3, 0.4) is 0 Å². The van der Waals surface area contributed by atoms with Crippen LogP contribution in [0.4, 0.5) is 0 Å². The van der Waals surface area contributed by atoms with Gasteiger partial charge in [-0.25, -0.2) is 0 Å². The van der Waals surface area contributed by atoms with Gasteiger partial charge in [-0.15, -0.1) is 24.0 Å². The van der Waals surface area contributed by atoms with Gasteiger partial charge in [0.05, 0.1) is 13.2 Å². The van der Waals surface area contributed by atoms with E-state index in [1.165, 1.54) is 38.9 Å². The van der Waals surface area contributed by atoms with Crippen molar-refractivity contribution in [2.24, 2.45) is 16.8 Å². The van der Waals surface area contributed by atoms with E-state index >= 15 is 0 Å². The zero-order chi connectivity index (χ0) is 17.7. The summed E-state index contributed by atoms with van der Waals surface area (Å²) in [4.78, 5) is 6.91. The van der Waals surface area contributed by atoms with Gasteiger partial charge in [-0.05, 0) is 44.7 Å². The highest BCUT2D eigenvalue weighted by molar-refractivity contribution is 14.0. The first-order valence-corrected chi connectivity index (χ1v) is 10.1. The first-order valence-electron chi connectivity index (χ1n) is 10.1. The maximum Gasteiger partial charge on any atom is 0.190 e. The van der Waals surface area contributed by atoms with Crippen LogP contribution in [0.1, 0.15) is 39.0 Å². The van der Waals surface area contributed by atoms with E-state index in [0.29, 0.717) is 11.8 Å². The van der Waals surface area contributed by atoms with Crippen LogP contribution in [-0.2, 0) is 9.47 Å². The van der Waals surface area contributed by atoms with Crippen LogP contribution in [0.25, 0.3) is 0 Å². The number of guanidine groups is 1. The van der Waals surface area contributed by atoms with Gasteiger partial charge in [-0.3, -0.25) is 4.99 Å². The summed E-state index contributed by atoms with van der Waals surface area (Å²) < 4.78 is 11.1. The number of rotatable bonds is 10. The third kappa shape index (κ3) is 10.3. The van der Waals surface area contributed by atoms with Gasteiger partial charge in [0.1, 0.15) is 0 Å². The van der Waals surface area contributed by atoms with Crippen molar-refractivity contribution in [3.63, 3.8) is 0 Å². The van der Waals surface area contributed by atoms with Crippen LogP contribution < -0.4 is 10.6 Å². The minimum Gasteiger partial charge on any atom is -0.381 e. The molecule has 2 rings (SSSR count). The molecule has 0 radical (unpaired) electrons. The average molecular weight is 482 g/mol. The van der Waals surface area contributed by atoms with Crippen LogP contribution in [0, 0.1) is 11.8 Å². The predicted octanol–water partition coefficient (Wildman–Crippen LogP) is 2.33. The van der Waals surface area contributed by atoms with Crippen molar-refractivity contribution in [2.75, 3.05) is 66.2 Å². The van der Waals surface area contributed by atoms with Gasteiger partial charge in [-0.1, -0.05) is 13.3 Å². The molecule has 2 atom stereocenters. The van der Waals surface area contributed by atoms with Crippen molar-refractivity contribution in [2.45, 2.75) is 39.0 Å². The van der Waals surface area contributed by atoms with E-state index in [1.54, 1.807) is 0 Å². The molecule has 2 N–H and O–H groups in total. The number of aliphatic imine (C=N–C) groups is 1.